The van der Waals surface area contributed by atoms with Crippen molar-refractivity contribution in [2.75, 3.05) is 0 Å². The van der Waals surface area contributed by atoms with Crippen LogP contribution in [-0.2, 0) is 0 Å². The van der Waals surface area contributed by atoms with E-state index in [-0.39, 0.29) is 5.96 Å². The van der Waals surface area contributed by atoms with Gasteiger partial charge in [0.05, 0.1) is 11.9 Å². The Morgan fingerprint density at radius 3 is 2.94 bits per heavy atom. The summed E-state index contributed by atoms with van der Waals surface area (Å²) in [6, 6.07) is 7.95. The van der Waals surface area contributed by atoms with Crippen molar-refractivity contribution < 1.29 is 0 Å². The van der Waals surface area contributed by atoms with Crippen LogP contribution in [0.2, 0.25) is 0 Å². The zero-order valence-electron chi connectivity index (χ0n) is 9.25. The maximum absolute atomic E-state index is 5.16. The summed E-state index contributed by atoms with van der Waals surface area (Å²) < 4.78 is 1.02. The summed E-state index contributed by atoms with van der Waals surface area (Å²) in [5.41, 5.74) is 12.1. The van der Waals surface area contributed by atoms with Crippen LogP contribution in [0.5, 0.6) is 0 Å². The van der Waals surface area contributed by atoms with Gasteiger partial charge in [0.1, 0.15) is 5.01 Å². The molecule has 0 saturated heterocycles. The predicted octanol–water partition coefficient (Wildman–Crippen LogP) is 2.18. The van der Waals surface area contributed by atoms with Gasteiger partial charge in [0.2, 0.25) is 5.96 Å². The number of guanidine groups is 1. The second-order valence-corrected chi connectivity index (χ2v) is 5.13. The number of rotatable bonds is 3. The fourth-order valence-electron chi connectivity index (χ4n) is 1.25. The molecule has 0 radical (unpaired) electrons. The second kappa shape index (κ2) is 5.74. The van der Waals surface area contributed by atoms with Crippen molar-refractivity contribution >= 4 is 39.4 Å². The molecule has 0 atom stereocenters. The number of nitrogens with zero attached hydrogens (tertiary/aromatic N) is 3. The topological polar surface area (TPSA) is 89.7 Å². The highest BCUT2D eigenvalue weighted by atomic mass is 79.9. The minimum absolute atomic E-state index is 0.0753. The molecular formula is C11H10BrN5S. The van der Waals surface area contributed by atoms with Crippen molar-refractivity contribution in [1.82, 2.24) is 4.98 Å². The molecule has 0 aliphatic rings. The van der Waals surface area contributed by atoms with Gasteiger partial charge in [-0.2, -0.15) is 5.10 Å². The SMILES string of the molecule is NC(N)=N/N=C\c1csc(-c2cccc(Br)c2)n1. The lowest BCUT2D eigenvalue weighted by Gasteiger charge is -1.95. The van der Waals surface area contributed by atoms with E-state index >= 15 is 0 Å². The summed E-state index contributed by atoms with van der Waals surface area (Å²) in [5.74, 6) is -0.0753. The summed E-state index contributed by atoms with van der Waals surface area (Å²) in [7, 11) is 0. The fraction of sp³-hybridized carbons (Fsp3) is 0. The zero-order chi connectivity index (χ0) is 13.0. The number of benzene rings is 1. The largest absolute Gasteiger partial charge is 0.369 e. The van der Waals surface area contributed by atoms with E-state index in [9.17, 15) is 0 Å². The first-order chi connectivity index (χ1) is 8.65. The number of hydrogen-bond donors (Lipinski definition) is 2. The van der Waals surface area contributed by atoms with E-state index in [1.165, 1.54) is 17.6 Å². The molecule has 0 saturated carbocycles. The van der Waals surface area contributed by atoms with Gasteiger partial charge in [-0.05, 0) is 12.1 Å². The number of aromatic nitrogens is 1. The quantitative estimate of drug-likeness (QED) is 0.515. The van der Waals surface area contributed by atoms with Gasteiger partial charge < -0.3 is 11.5 Å². The van der Waals surface area contributed by atoms with Crippen LogP contribution in [0.15, 0.2) is 44.3 Å². The zero-order valence-corrected chi connectivity index (χ0v) is 11.6. The molecule has 4 N–H and O–H groups in total. The summed E-state index contributed by atoms with van der Waals surface area (Å²) in [4.78, 5) is 4.42. The molecule has 1 aromatic carbocycles. The minimum Gasteiger partial charge on any atom is -0.369 e. The maximum atomic E-state index is 5.16. The summed E-state index contributed by atoms with van der Waals surface area (Å²) in [5, 5.41) is 10.0. The smallest absolute Gasteiger partial charge is 0.211 e. The molecule has 92 valence electrons. The third-order valence-corrected chi connectivity index (χ3v) is 3.36. The van der Waals surface area contributed by atoms with Crippen molar-refractivity contribution in [1.29, 1.82) is 0 Å². The lowest BCUT2D eigenvalue weighted by atomic mass is 10.2. The Labute approximate surface area is 116 Å². The molecule has 0 amide bonds. The molecule has 0 spiro atoms. The van der Waals surface area contributed by atoms with Gasteiger partial charge in [-0.15, -0.1) is 16.4 Å². The van der Waals surface area contributed by atoms with E-state index < -0.39 is 0 Å². The second-order valence-electron chi connectivity index (χ2n) is 3.36. The van der Waals surface area contributed by atoms with Gasteiger partial charge in [0.25, 0.3) is 0 Å². The fourth-order valence-corrected chi connectivity index (χ4v) is 2.42. The Bertz CT molecular complexity index is 601. The molecule has 0 bridgehead atoms. The Morgan fingerprint density at radius 2 is 2.22 bits per heavy atom. The van der Waals surface area contributed by atoms with Crippen molar-refractivity contribution in [2.45, 2.75) is 0 Å². The van der Waals surface area contributed by atoms with E-state index in [0.29, 0.717) is 0 Å². The van der Waals surface area contributed by atoms with E-state index in [1.807, 2.05) is 29.6 Å². The molecule has 5 nitrogen and oxygen atoms in total. The molecule has 0 aliphatic heterocycles. The summed E-state index contributed by atoms with van der Waals surface area (Å²) in [6.45, 7) is 0. The Kier molecular flexibility index (Phi) is 4.06. The van der Waals surface area contributed by atoms with E-state index in [1.54, 1.807) is 0 Å². The summed E-state index contributed by atoms with van der Waals surface area (Å²) >= 11 is 4.97. The lowest BCUT2D eigenvalue weighted by Crippen LogP contribution is -2.21. The number of thiazole rings is 1. The monoisotopic (exact) mass is 323 g/mol. The highest BCUT2D eigenvalue weighted by Gasteiger charge is 2.03. The van der Waals surface area contributed by atoms with Crippen LogP contribution >= 0.6 is 27.3 Å². The molecule has 0 fully saturated rings. The lowest BCUT2D eigenvalue weighted by molar-refractivity contribution is 1.21. The van der Waals surface area contributed by atoms with Crippen molar-refractivity contribution in [3.63, 3.8) is 0 Å². The molecule has 7 heteroatoms. The first kappa shape index (κ1) is 12.7. The van der Waals surface area contributed by atoms with Crippen molar-refractivity contribution in [3.05, 3.63) is 39.8 Å². The van der Waals surface area contributed by atoms with Crippen LogP contribution in [0.3, 0.4) is 0 Å². The molecule has 0 unspecified atom stereocenters. The third-order valence-electron chi connectivity index (χ3n) is 1.96. The van der Waals surface area contributed by atoms with E-state index in [4.69, 9.17) is 11.5 Å². The van der Waals surface area contributed by atoms with Crippen LogP contribution < -0.4 is 11.5 Å². The summed E-state index contributed by atoms with van der Waals surface area (Å²) in [6.07, 6.45) is 1.51. The molecule has 18 heavy (non-hydrogen) atoms. The first-order valence-electron chi connectivity index (χ1n) is 4.98. The standard InChI is InChI=1S/C11H10BrN5S/c12-8-3-1-2-7(4-8)10-16-9(6-18-10)5-15-17-11(13)14/h1-6H,(H4,13,14,17)/b15-5-. The number of halogens is 1. The average molecular weight is 324 g/mol. The average Bonchev–Trinajstić information content (AvgIpc) is 2.77. The van der Waals surface area contributed by atoms with E-state index in [2.05, 4.69) is 31.1 Å². The van der Waals surface area contributed by atoms with Crippen LogP contribution in [-0.4, -0.2) is 17.2 Å². The van der Waals surface area contributed by atoms with Gasteiger partial charge in [0.15, 0.2) is 0 Å². The highest BCUT2D eigenvalue weighted by molar-refractivity contribution is 9.10. The van der Waals surface area contributed by atoms with Crippen LogP contribution in [0.25, 0.3) is 10.6 Å². The highest BCUT2D eigenvalue weighted by Crippen LogP contribution is 2.25. The maximum Gasteiger partial charge on any atom is 0.211 e. The molecule has 2 rings (SSSR count). The van der Waals surface area contributed by atoms with Gasteiger partial charge >= 0.3 is 0 Å². The molecule has 1 aromatic heterocycles. The first-order valence-corrected chi connectivity index (χ1v) is 6.66. The van der Waals surface area contributed by atoms with Crippen molar-refractivity contribution in [3.8, 4) is 10.6 Å². The number of nitrogens with two attached hydrogens (primary N) is 2. The molecule has 2 aromatic rings. The van der Waals surface area contributed by atoms with Gasteiger partial charge in [-0.1, -0.05) is 28.1 Å². The molecule has 1 heterocycles. The Balaban J connectivity index is 2.20. The van der Waals surface area contributed by atoms with Gasteiger partial charge in [-0.3, -0.25) is 0 Å². The van der Waals surface area contributed by atoms with Crippen LogP contribution in [0.4, 0.5) is 0 Å². The normalized spacial score (nSPS) is 10.7. The Morgan fingerprint density at radius 1 is 1.39 bits per heavy atom. The van der Waals surface area contributed by atoms with Crippen LogP contribution in [0, 0.1) is 0 Å². The van der Waals surface area contributed by atoms with Crippen LogP contribution in [0.1, 0.15) is 5.69 Å². The van der Waals surface area contributed by atoms with Crippen molar-refractivity contribution in [2.24, 2.45) is 21.7 Å². The van der Waals surface area contributed by atoms with Gasteiger partial charge in [0, 0.05) is 15.4 Å². The Hall–Kier alpha value is -1.73. The third kappa shape index (κ3) is 3.38. The predicted molar refractivity (Wildman–Crippen MR) is 78.7 cm³/mol. The number of hydrogen-bond acceptors (Lipinski definition) is 4. The van der Waals surface area contributed by atoms with Gasteiger partial charge in [-0.25, -0.2) is 4.98 Å². The molecular weight excluding hydrogens is 314 g/mol. The minimum atomic E-state index is -0.0753. The molecule has 0 aliphatic carbocycles. The van der Waals surface area contributed by atoms with E-state index in [0.717, 1.165) is 20.7 Å².